The lowest BCUT2D eigenvalue weighted by molar-refractivity contribution is 0.101. The minimum absolute atomic E-state index is 0.119. The lowest BCUT2D eigenvalue weighted by Crippen LogP contribution is -2.36. The highest BCUT2D eigenvalue weighted by atomic mass is 32.2. The fraction of sp³-hybridized carbons (Fsp3) is 0.316. The number of benzene rings is 1. The smallest absolute Gasteiger partial charge is 0.272 e. The van der Waals surface area contributed by atoms with Gasteiger partial charge in [0.25, 0.3) is 5.91 Å². The average Bonchev–Trinajstić information content (AvgIpc) is 2.92. The molecule has 0 aliphatic carbocycles. The molecule has 10 heteroatoms. The number of carbonyl (C=O) groups excluding carboxylic acids is 1. The molecule has 2 heterocycles. The van der Waals surface area contributed by atoms with E-state index in [1.165, 1.54) is 17.8 Å². The highest BCUT2D eigenvalue weighted by Crippen LogP contribution is 2.29. The van der Waals surface area contributed by atoms with E-state index < -0.39 is 33.3 Å². The van der Waals surface area contributed by atoms with Crippen LogP contribution in [-0.2, 0) is 17.0 Å². The minimum atomic E-state index is -3.00. The summed E-state index contributed by atoms with van der Waals surface area (Å²) >= 11 is 0. The largest absolute Gasteiger partial charge is 0.345 e. The van der Waals surface area contributed by atoms with E-state index in [0.717, 1.165) is 0 Å². The molecule has 1 aliphatic heterocycles. The molecular formula is C19H21F3N4O2S. The van der Waals surface area contributed by atoms with Crippen molar-refractivity contribution in [2.45, 2.75) is 24.8 Å². The van der Waals surface area contributed by atoms with Crippen molar-refractivity contribution in [3.63, 3.8) is 0 Å². The van der Waals surface area contributed by atoms with E-state index >= 15 is 0 Å². The summed E-state index contributed by atoms with van der Waals surface area (Å²) in [5.74, 6) is -5.02. The standard InChI is InChI=1S/C19H21F3N4O2S/c1-10(2)15-6-5-12-16(29(28,23-3)25-15)9-26(4)18(12)19(27)24-11-7-13(20)17(22)14(21)8-11/h5-10,15H,1-4H3,(H,24,27)(H,23,25,28)/t15-,29?/m1/s1. The Morgan fingerprint density at radius 1 is 1.28 bits per heavy atom. The van der Waals surface area contributed by atoms with Crippen molar-refractivity contribution in [2.75, 3.05) is 12.4 Å². The number of aryl methyl sites for hydroxylation is 1. The molecule has 1 aliphatic rings. The molecule has 156 valence electrons. The molecule has 3 rings (SSSR count). The molecular weight excluding hydrogens is 405 g/mol. The van der Waals surface area contributed by atoms with Gasteiger partial charge in [0.2, 0.25) is 0 Å². The van der Waals surface area contributed by atoms with Gasteiger partial charge in [-0.1, -0.05) is 26.0 Å². The Bertz CT molecular complexity index is 1110. The van der Waals surface area contributed by atoms with Gasteiger partial charge >= 0.3 is 0 Å². The number of aromatic nitrogens is 1. The predicted octanol–water partition coefficient (Wildman–Crippen LogP) is 3.71. The van der Waals surface area contributed by atoms with Crippen LogP contribution in [0.5, 0.6) is 0 Å². The Morgan fingerprint density at radius 2 is 1.90 bits per heavy atom. The predicted molar refractivity (Wildman–Crippen MR) is 105 cm³/mol. The summed E-state index contributed by atoms with van der Waals surface area (Å²) in [5, 5.41) is 2.36. The van der Waals surface area contributed by atoms with Crippen LogP contribution in [0.3, 0.4) is 0 Å². The van der Waals surface area contributed by atoms with E-state index in [1.807, 2.05) is 13.8 Å². The molecule has 2 atom stereocenters. The van der Waals surface area contributed by atoms with Crippen LogP contribution in [-0.4, -0.2) is 27.8 Å². The van der Waals surface area contributed by atoms with Gasteiger partial charge in [-0.3, -0.25) is 4.79 Å². The summed E-state index contributed by atoms with van der Waals surface area (Å²) in [6.07, 6.45) is 5.02. The molecule has 6 nitrogen and oxygen atoms in total. The van der Waals surface area contributed by atoms with Crippen molar-refractivity contribution < 1.29 is 22.2 Å². The van der Waals surface area contributed by atoms with Gasteiger partial charge in [0.15, 0.2) is 17.5 Å². The maximum atomic E-state index is 13.5. The zero-order valence-corrected chi connectivity index (χ0v) is 17.1. The molecule has 1 aromatic carbocycles. The van der Waals surface area contributed by atoms with Gasteiger partial charge in [-0.2, -0.15) is 0 Å². The van der Waals surface area contributed by atoms with Crippen molar-refractivity contribution in [2.24, 2.45) is 17.3 Å². The fourth-order valence-electron chi connectivity index (χ4n) is 3.10. The Labute approximate surface area is 167 Å². The van der Waals surface area contributed by atoms with E-state index in [-0.39, 0.29) is 23.3 Å². The van der Waals surface area contributed by atoms with Crippen molar-refractivity contribution in [1.82, 2.24) is 9.29 Å². The summed E-state index contributed by atoms with van der Waals surface area (Å²) in [6, 6.07) is 1.14. The SMILES string of the molecule is CN=S1(=O)N[C@@H](C(C)C)C=Cc2c1cn(C)c2C(=O)Nc1cc(F)c(F)c(F)c1. The summed E-state index contributed by atoms with van der Waals surface area (Å²) in [4.78, 5) is 13.2. The third kappa shape index (κ3) is 3.82. The van der Waals surface area contributed by atoms with E-state index in [0.29, 0.717) is 22.6 Å². The number of carbonyl (C=O) groups is 1. The Kier molecular flexibility index (Phi) is 5.59. The van der Waals surface area contributed by atoms with Crippen LogP contribution in [0.1, 0.15) is 29.9 Å². The van der Waals surface area contributed by atoms with Crippen molar-refractivity contribution in [3.05, 3.63) is 53.1 Å². The van der Waals surface area contributed by atoms with Crippen LogP contribution in [0.15, 0.2) is 33.7 Å². The monoisotopic (exact) mass is 426 g/mol. The number of halogens is 3. The van der Waals surface area contributed by atoms with Crippen molar-refractivity contribution in [1.29, 1.82) is 0 Å². The van der Waals surface area contributed by atoms with Gasteiger partial charge in [-0.25, -0.2) is 26.5 Å². The van der Waals surface area contributed by atoms with Crippen LogP contribution in [0.4, 0.5) is 18.9 Å². The average molecular weight is 426 g/mol. The van der Waals surface area contributed by atoms with Crippen LogP contribution >= 0.6 is 0 Å². The van der Waals surface area contributed by atoms with Gasteiger partial charge in [0.1, 0.15) is 15.6 Å². The maximum absolute atomic E-state index is 13.5. The third-order valence-electron chi connectivity index (χ3n) is 4.68. The zero-order valence-electron chi connectivity index (χ0n) is 16.3. The molecule has 0 saturated carbocycles. The molecule has 0 radical (unpaired) electrons. The molecule has 0 saturated heterocycles. The van der Waals surface area contributed by atoms with Gasteiger partial charge in [-0.15, -0.1) is 0 Å². The van der Waals surface area contributed by atoms with Crippen LogP contribution in [0.25, 0.3) is 6.08 Å². The summed E-state index contributed by atoms with van der Waals surface area (Å²) in [7, 11) is 0.00809. The highest BCUT2D eigenvalue weighted by molar-refractivity contribution is 7.91. The molecule has 1 amide bonds. The summed E-state index contributed by atoms with van der Waals surface area (Å²) in [5.41, 5.74) is 0.279. The molecule has 0 bridgehead atoms. The first-order valence-corrected chi connectivity index (χ1v) is 10.3. The topological polar surface area (TPSA) is 75.5 Å². The van der Waals surface area contributed by atoms with E-state index in [4.69, 9.17) is 0 Å². The summed E-state index contributed by atoms with van der Waals surface area (Å²) < 4.78 is 62.0. The van der Waals surface area contributed by atoms with E-state index in [1.54, 1.807) is 19.2 Å². The van der Waals surface area contributed by atoms with Gasteiger partial charge in [0, 0.05) is 49.7 Å². The molecule has 2 aromatic rings. The highest BCUT2D eigenvalue weighted by Gasteiger charge is 2.30. The quantitative estimate of drug-likeness (QED) is 0.735. The second-order valence-electron chi connectivity index (χ2n) is 7.03. The third-order valence-corrected chi connectivity index (χ3v) is 6.71. The number of amides is 1. The van der Waals surface area contributed by atoms with Crippen molar-refractivity contribution in [3.8, 4) is 0 Å². The molecule has 1 unspecified atom stereocenters. The van der Waals surface area contributed by atoms with Crippen LogP contribution in [0, 0.1) is 23.4 Å². The van der Waals surface area contributed by atoms with Gasteiger partial charge in [0.05, 0.1) is 4.90 Å². The van der Waals surface area contributed by atoms with Gasteiger partial charge in [-0.05, 0) is 5.92 Å². The number of nitrogens with zero attached hydrogens (tertiary/aromatic N) is 2. The number of nitrogens with one attached hydrogen (secondary N) is 2. The van der Waals surface area contributed by atoms with Crippen LogP contribution < -0.4 is 10.0 Å². The maximum Gasteiger partial charge on any atom is 0.272 e. The molecule has 1 aromatic heterocycles. The number of hydrogen-bond acceptors (Lipinski definition) is 3. The van der Waals surface area contributed by atoms with E-state index in [9.17, 15) is 22.2 Å². The van der Waals surface area contributed by atoms with Gasteiger partial charge < -0.3 is 9.88 Å². The number of anilines is 1. The first-order valence-electron chi connectivity index (χ1n) is 8.83. The second-order valence-corrected chi connectivity index (χ2v) is 9.12. The van der Waals surface area contributed by atoms with E-state index in [2.05, 4.69) is 14.4 Å². The Morgan fingerprint density at radius 3 is 2.45 bits per heavy atom. The first-order chi connectivity index (χ1) is 13.6. The lowest BCUT2D eigenvalue weighted by Gasteiger charge is -2.19. The number of hydrogen-bond donors (Lipinski definition) is 2. The fourth-order valence-corrected chi connectivity index (χ4v) is 5.01. The molecule has 0 spiro atoms. The van der Waals surface area contributed by atoms with Crippen molar-refractivity contribution >= 4 is 27.6 Å². The first kappa shape index (κ1) is 21.1. The molecule has 2 N–H and O–H groups in total. The summed E-state index contributed by atoms with van der Waals surface area (Å²) in [6.45, 7) is 3.91. The number of fused-ring (bicyclic) bond motifs is 1. The molecule has 0 fully saturated rings. The lowest BCUT2D eigenvalue weighted by atomic mass is 10.0. The normalized spacial score (nSPS) is 21.0. The second kappa shape index (κ2) is 7.68. The van der Waals surface area contributed by atoms with Crippen LogP contribution in [0.2, 0.25) is 0 Å². The number of rotatable bonds is 3. The minimum Gasteiger partial charge on any atom is -0.345 e. The Balaban J connectivity index is 2.08. The zero-order chi connectivity index (χ0) is 21.5. The molecule has 29 heavy (non-hydrogen) atoms. The Hall–Kier alpha value is -2.59.